The monoisotopic (exact) mass is 306 g/mol. The quantitative estimate of drug-likeness (QED) is 0.370. The van der Waals surface area contributed by atoms with E-state index in [1.807, 2.05) is 0 Å². The van der Waals surface area contributed by atoms with E-state index in [9.17, 15) is 27.3 Å². The third-order valence-corrected chi connectivity index (χ3v) is 3.33. The minimum atomic E-state index is -4.56. The van der Waals surface area contributed by atoms with Gasteiger partial charge in [0.15, 0.2) is 10.0 Å². The van der Waals surface area contributed by atoms with Crippen LogP contribution in [0.15, 0.2) is 11.0 Å². The summed E-state index contributed by atoms with van der Waals surface area (Å²) in [7, 11) is 0.340. The van der Waals surface area contributed by atoms with Gasteiger partial charge in [-0.2, -0.15) is 0 Å². The molecule has 0 bridgehead atoms. The molecule has 0 saturated heterocycles. The highest BCUT2D eigenvalue weighted by Crippen LogP contribution is 2.35. The number of halogens is 4. The van der Waals surface area contributed by atoms with Crippen molar-refractivity contribution in [3.63, 3.8) is 0 Å². The first kappa shape index (κ1) is 14.0. The molecule has 0 aliphatic carbocycles. The van der Waals surface area contributed by atoms with Gasteiger partial charge in [0.25, 0.3) is 21.2 Å². The smallest absolute Gasteiger partial charge is 0.258 e. The topological polar surface area (TPSA) is 90.2 Å². The first-order valence-electron chi connectivity index (χ1n) is 3.72. The number of rotatable bonds is 3. The number of nitro groups is 1. The normalized spacial score (nSPS) is 11.8. The molecule has 0 spiro atoms. The maximum absolute atomic E-state index is 12.3. The summed E-state index contributed by atoms with van der Waals surface area (Å²) in [6.45, 7) is 0. The van der Waals surface area contributed by atoms with Crippen LogP contribution in [-0.4, -0.2) is 18.3 Å². The maximum atomic E-state index is 12.3. The van der Waals surface area contributed by atoms with Gasteiger partial charge in [0.1, 0.15) is 5.69 Å². The summed E-state index contributed by atoms with van der Waals surface area (Å²) in [6.07, 6.45) is -3.13. The number of aromatic nitrogens is 1. The Morgan fingerprint density at radius 2 is 2.00 bits per heavy atom. The number of nitrogens with zero attached hydrogens (tertiary/aromatic N) is 2. The third kappa shape index (κ3) is 2.99. The zero-order valence-corrected chi connectivity index (χ0v) is 9.93. The van der Waals surface area contributed by atoms with Crippen LogP contribution in [0.2, 0.25) is 5.15 Å². The highest BCUT2D eigenvalue weighted by molar-refractivity contribution is 8.14. The number of alkyl halides is 2. The highest BCUT2D eigenvalue weighted by Gasteiger charge is 2.31. The SMILES string of the molecule is O=[N+]([O-])c1cc(C(F)F)nc(Cl)c1S(=O)(=O)Cl. The first-order valence-corrected chi connectivity index (χ1v) is 6.41. The lowest BCUT2D eigenvalue weighted by molar-refractivity contribution is -0.388. The van der Waals surface area contributed by atoms with E-state index in [0.717, 1.165) is 0 Å². The fourth-order valence-electron chi connectivity index (χ4n) is 0.981. The lowest BCUT2D eigenvalue weighted by Crippen LogP contribution is -2.04. The molecule has 11 heteroatoms. The third-order valence-electron chi connectivity index (χ3n) is 1.60. The van der Waals surface area contributed by atoms with Crippen molar-refractivity contribution < 1.29 is 22.1 Å². The predicted octanol–water partition coefficient (Wildman–Crippen LogP) is 2.51. The molecule has 0 amide bonds. The molecular formula is C6H2Cl2F2N2O4S. The van der Waals surface area contributed by atoms with Gasteiger partial charge in [-0.25, -0.2) is 22.2 Å². The van der Waals surface area contributed by atoms with Crippen molar-refractivity contribution in [1.29, 1.82) is 0 Å². The summed E-state index contributed by atoms with van der Waals surface area (Å²) in [5.41, 5.74) is -2.15. The second-order valence-corrected chi connectivity index (χ2v) is 5.54. The largest absolute Gasteiger partial charge is 0.294 e. The van der Waals surface area contributed by atoms with E-state index >= 15 is 0 Å². The van der Waals surface area contributed by atoms with E-state index in [0.29, 0.717) is 6.07 Å². The van der Waals surface area contributed by atoms with Crippen molar-refractivity contribution in [3.05, 3.63) is 27.0 Å². The minimum absolute atomic E-state index is 0.311. The molecule has 17 heavy (non-hydrogen) atoms. The van der Waals surface area contributed by atoms with Crippen molar-refractivity contribution in [2.75, 3.05) is 0 Å². The van der Waals surface area contributed by atoms with E-state index in [4.69, 9.17) is 22.3 Å². The summed E-state index contributed by atoms with van der Waals surface area (Å²) in [4.78, 5) is 11.3. The molecule has 0 aliphatic rings. The molecule has 94 valence electrons. The molecule has 0 aromatic carbocycles. The fraction of sp³-hybridized carbons (Fsp3) is 0.167. The Kier molecular flexibility index (Phi) is 3.84. The summed E-state index contributed by atoms with van der Waals surface area (Å²) < 4.78 is 46.6. The standard InChI is InChI=1S/C6H2Cl2F2N2O4S/c7-5-4(17(8,15)16)3(12(13)14)1-2(11-5)6(9)10/h1,6H. The number of pyridine rings is 1. The van der Waals surface area contributed by atoms with E-state index in [2.05, 4.69) is 4.98 Å². The zero-order chi connectivity index (χ0) is 13.4. The van der Waals surface area contributed by atoms with Crippen molar-refractivity contribution in [2.24, 2.45) is 0 Å². The second kappa shape index (κ2) is 4.67. The van der Waals surface area contributed by atoms with E-state index in [1.54, 1.807) is 0 Å². The van der Waals surface area contributed by atoms with Crippen LogP contribution in [0.4, 0.5) is 14.5 Å². The van der Waals surface area contributed by atoms with Crippen molar-refractivity contribution in [1.82, 2.24) is 4.98 Å². The fourth-order valence-corrected chi connectivity index (χ4v) is 2.68. The molecular weight excluding hydrogens is 305 g/mol. The van der Waals surface area contributed by atoms with Gasteiger partial charge < -0.3 is 0 Å². The van der Waals surface area contributed by atoms with Crippen LogP contribution in [-0.2, 0) is 9.05 Å². The lowest BCUT2D eigenvalue weighted by atomic mass is 10.3. The summed E-state index contributed by atoms with van der Waals surface area (Å²) >= 11 is 5.29. The van der Waals surface area contributed by atoms with Gasteiger partial charge >= 0.3 is 0 Å². The lowest BCUT2D eigenvalue weighted by Gasteiger charge is -2.04. The zero-order valence-electron chi connectivity index (χ0n) is 7.60. The Bertz CT molecular complexity index is 578. The molecule has 1 rings (SSSR count). The molecule has 0 N–H and O–H groups in total. The summed E-state index contributed by atoms with van der Waals surface area (Å²) in [5.74, 6) is 0. The number of hydrogen-bond acceptors (Lipinski definition) is 5. The average molecular weight is 307 g/mol. The van der Waals surface area contributed by atoms with E-state index in [1.165, 1.54) is 0 Å². The molecule has 0 aliphatic heterocycles. The average Bonchev–Trinajstić information content (AvgIpc) is 2.13. The van der Waals surface area contributed by atoms with Gasteiger partial charge in [-0.1, -0.05) is 11.6 Å². The van der Waals surface area contributed by atoms with Crippen LogP contribution in [0.25, 0.3) is 0 Å². The molecule has 0 atom stereocenters. The van der Waals surface area contributed by atoms with Crippen molar-refractivity contribution >= 4 is 37.0 Å². The Morgan fingerprint density at radius 1 is 1.47 bits per heavy atom. The molecule has 1 aromatic heterocycles. The van der Waals surface area contributed by atoms with Gasteiger partial charge in [0.05, 0.1) is 4.92 Å². The van der Waals surface area contributed by atoms with Crippen LogP contribution >= 0.6 is 22.3 Å². The Labute approximate surface area is 103 Å². The van der Waals surface area contributed by atoms with E-state index < -0.39 is 41.8 Å². The molecule has 0 saturated carbocycles. The van der Waals surface area contributed by atoms with Crippen molar-refractivity contribution in [3.8, 4) is 0 Å². The molecule has 0 radical (unpaired) electrons. The van der Waals surface area contributed by atoms with E-state index in [-0.39, 0.29) is 0 Å². The Balaban J connectivity index is 3.68. The van der Waals surface area contributed by atoms with Crippen LogP contribution < -0.4 is 0 Å². The second-order valence-electron chi connectivity index (χ2n) is 2.68. The summed E-state index contributed by atoms with van der Waals surface area (Å²) in [6, 6.07) is 0.311. The van der Waals surface area contributed by atoms with Gasteiger partial charge in [-0.3, -0.25) is 10.1 Å². The number of hydrogen-bond donors (Lipinski definition) is 0. The van der Waals surface area contributed by atoms with Crippen LogP contribution in [0.5, 0.6) is 0 Å². The van der Waals surface area contributed by atoms with Gasteiger partial charge in [0.2, 0.25) is 0 Å². The molecule has 6 nitrogen and oxygen atoms in total. The molecule has 0 unspecified atom stereocenters. The molecule has 0 fully saturated rings. The van der Waals surface area contributed by atoms with Crippen LogP contribution in [0.3, 0.4) is 0 Å². The first-order chi connectivity index (χ1) is 7.64. The highest BCUT2D eigenvalue weighted by atomic mass is 35.7. The Morgan fingerprint density at radius 3 is 2.35 bits per heavy atom. The van der Waals surface area contributed by atoms with Gasteiger partial charge in [0, 0.05) is 16.7 Å². The van der Waals surface area contributed by atoms with Gasteiger partial charge in [-0.15, -0.1) is 0 Å². The summed E-state index contributed by atoms with van der Waals surface area (Å²) in [5, 5.41) is 9.58. The minimum Gasteiger partial charge on any atom is -0.258 e. The predicted molar refractivity (Wildman–Crippen MR) is 53.9 cm³/mol. The van der Waals surface area contributed by atoms with Crippen molar-refractivity contribution in [2.45, 2.75) is 11.3 Å². The Hall–Kier alpha value is -1.06. The van der Waals surface area contributed by atoms with Gasteiger partial charge in [-0.05, 0) is 0 Å². The molecule has 1 aromatic rings. The van der Waals surface area contributed by atoms with Crippen LogP contribution in [0.1, 0.15) is 12.1 Å². The van der Waals surface area contributed by atoms with Crippen LogP contribution in [0, 0.1) is 10.1 Å². The molecule has 1 heterocycles. The maximum Gasteiger partial charge on any atom is 0.294 e.